The minimum Gasteiger partial charge on any atom is -0.379 e. The highest BCUT2D eigenvalue weighted by Gasteiger charge is 2.14. The van der Waals surface area contributed by atoms with E-state index in [1.165, 1.54) is 0 Å². The number of fused-ring (bicyclic) bond motifs is 1. The Hall–Kier alpha value is -1.62. The smallest absolute Gasteiger partial charge is 0.178 e. The summed E-state index contributed by atoms with van der Waals surface area (Å²) in [6.07, 6.45) is 4.26. The highest BCUT2D eigenvalue weighted by molar-refractivity contribution is 5.67. The Morgan fingerprint density at radius 2 is 2.24 bits per heavy atom. The molecular weight excluding hydrogens is 214 g/mol. The summed E-state index contributed by atoms with van der Waals surface area (Å²) < 4.78 is 1.83. The van der Waals surface area contributed by atoms with E-state index in [9.17, 15) is 0 Å². The molecule has 1 aliphatic heterocycles. The number of pyridine rings is 1. The maximum atomic E-state index is 4.45. The van der Waals surface area contributed by atoms with Crippen LogP contribution < -0.4 is 10.6 Å². The van der Waals surface area contributed by atoms with Gasteiger partial charge < -0.3 is 10.6 Å². The molecule has 1 aliphatic rings. The Labute approximate surface area is 100 Å². The molecule has 5 heteroatoms. The number of nitrogens with one attached hydrogen (secondary N) is 2. The van der Waals surface area contributed by atoms with Gasteiger partial charge in [0.15, 0.2) is 5.65 Å². The summed E-state index contributed by atoms with van der Waals surface area (Å²) in [5.41, 5.74) is 2.00. The molecule has 0 radical (unpaired) electrons. The molecular formula is C12H17N5. The number of nitrogens with zero attached hydrogens (tertiary/aromatic N) is 3. The molecule has 17 heavy (non-hydrogen) atoms. The molecule has 2 N–H and O–H groups in total. The van der Waals surface area contributed by atoms with E-state index in [0.717, 1.165) is 43.1 Å². The predicted molar refractivity (Wildman–Crippen MR) is 67.2 cm³/mol. The van der Waals surface area contributed by atoms with Crippen molar-refractivity contribution in [2.24, 2.45) is 0 Å². The van der Waals surface area contributed by atoms with E-state index in [-0.39, 0.29) is 0 Å². The number of hydrogen-bond acceptors (Lipinski definition) is 4. The molecule has 0 amide bonds. The summed E-state index contributed by atoms with van der Waals surface area (Å²) in [4.78, 5) is 4.45. The fraction of sp³-hybridized carbons (Fsp3) is 0.500. The minimum absolute atomic E-state index is 0.541. The Kier molecular flexibility index (Phi) is 2.68. The van der Waals surface area contributed by atoms with Crippen molar-refractivity contribution in [1.29, 1.82) is 0 Å². The number of anilines is 1. The maximum absolute atomic E-state index is 4.45. The lowest BCUT2D eigenvalue weighted by molar-refractivity contribution is 0.479. The number of aromatic nitrogens is 3. The van der Waals surface area contributed by atoms with Crippen LogP contribution in [0.3, 0.4) is 0 Å². The van der Waals surface area contributed by atoms with Crippen molar-refractivity contribution in [2.45, 2.75) is 25.8 Å². The molecule has 2 aromatic rings. The first kappa shape index (κ1) is 10.5. The summed E-state index contributed by atoms with van der Waals surface area (Å²) >= 11 is 0. The Morgan fingerprint density at radius 3 is 3.06 bits per heavy atom. The van der Waals surface area contributed by atoms with E-state index in [0.29, 0.717) is 6.04 Å². The fourth-order valence-electron chi connectivity index (χ4n) is 2.31. The highest BCUT2D eigenvalue weighted by atomic mass is 15.3. The number of rotatable bonds is 2. The molecule has 0 bridgehead atoms. The molecule has 3 rings (SSSR count). The lowest BCUT2D eigenvalue weighted by atomic mass is 10.1. The van der Waals surface area contributed by atoms with Crippen molar-refractivity contribution >= 4 is 11.3 Å². The summed E-state index contributed by atoms with van der Waals surface area (Å²) in [5.74, 6) is 0.810. The number of hydrogen-bond donors (Lipinski definition) is 2. The highest BCUT2D eigenvalue weighted by Crippen LogP contribution is 2.18. The lowest BCUT2D eigenvalue weighted by Gasteiger charge is -2.24. The first-order valence-corrected chi connectivity index (χ1v) is 6.12. The Morgan fingerprint density at radius 1 is 1.41 bits per heavy atom. The molecule has 0 atom stereocenters. The van der Waals surface area contributed by atoms with Crippen molar-refractivity contribution in [2.75, 3.05) is 18.4 Å². The van der Waals surface area contributed by atoms with Crippen LogP contribution in [-0.2, 0) is 0 Å². The quantitative estimate of drug-likeness (QED) is 0.815. The van der Waals surface area contributed by atoms with Crippen molar-refractivity contribution in [1.82, 2.24) is 19.9 Å². The molecule has 90 valence electrons. The van der Waals surface area contributed by atoms with E-state index >= 15 is 0 Å². The van der Waals surface area contributed by atoms with Crippen LogP contribution in [-0.4, -0.2) is 33.7 Å². The van der Waals surface area contributed by atoms with Gasteiger partial charge in [0.05, 0.1) is 5.69 Å². The SMILES string of the molecule is Cc1nc2c(NC3CCNCC3)cccn2n1. The van der Waals surface area contributed by atoms with Crippen LogP contribution in [0.2, 0.25) is 0 Å². The van der Waals surface area contributed by atoms with Gasteiger partial charge in [-0.05, 0) is 45.0 Å². The van der Waals surface area contributed by atoms with Gasteiger partial charge in [0.2, 0.25) is 0 Å². The first-order chi connectivity index (χ1) is 8.33. The minimum atomic E-state index is 0.541. The van der Waals surface area contributed by atoms with E-state index in [2.05, 4.69) is 26.8 Å². The van der Waals surface area contributed by atoms with Crippen molar-refractivity contribution < 1.29 is 0 Å². The molecule has 0 saturated carbocycles. The third-order valence-corrected chi connectivity index (χ3v) is 3.17. The van der Waals surface area contributed by atoms with Gasteiger partial charge >= 0.3 is 0 Å². The summed E-state index contributed by atoms with van der Waals surface area (Å²) in [6.45, 7) is 4.10. The van der Waals surface area contributed by atoms with Gasteiger partial charge in [0.25, 0.3) is 0 Å². The summed E-state index contributed by atoms with van der Waals surface area (Å²) in [5, 5.41) is 11.3. The molecule has 0 aliphatic carbocycles. The van der Waals surface area contributed by atoms with Crippen LogP contribution in [0.1, 0.15) is 18.7 Å². The van der Waals surface area contributed by atoms with Gasteiger partial charge in [-0.25, -0.2) is 9.50 Å². The van der Waals surface area contributed by atoms with Gasteiger partial charge in [0, 0.05) is 12.2 Å². The largest absolute Gasteiger partial charge is 0.379 e. The Bertz CT molecular complexity index is 513. The van der Waals surface area contributed by atoms with E-state index in [1.807, 2.05) is 23.7 Å². The monoisotopic (exact) mass is 231 g/mol. The van der Waals surface area contributed by atoms with E-state index in [4.69, 9.17) is 0 Å². The first-order valence-electron chi connectivity index (χ1n) is 6.12. The molecule has 0 unspecified atom stereocenters. The third-order valence-electron chi connectivity index (χ3n) is 3.17. The van der Waals surface area contributed by atoms with Gasteiger partial charge in [-0.15, -0.1) is 0 Å². The maximum Gasteiger partial charge on any atom is 0.178 e. The van der Waals surface area contributed by atoms with Crippen LogP contribution in [0.15, 0.2) is 18.3 Å². The van der Waals surface area contributed by atoms with Crippen LogP contribution in [0.25, 0.3) is 5.65 Å². The van der Waals surface area contributed by atoms with Gasteiger partial charge in [0.1, 0.15) is 5.82 Å². The third kappa shape index (κ3) is 2.10. The van der Waals surface area contributed by atoms with E-state index < -0.39 is 0 Å². The van der Waals surface area contributed by atoms with E-state index in [1.54, 1.807) is 0 Å². The molecule has 1 fully saturated rings. The predicted octanol–water partition coefficient (Wildman–Crippen LogP) is 1.20. The van der Waals surface area contributed by atoms with Crippen molar-refractivity contribution in [3.8, 4) is 0 Å². The number of aryl methyl sites for hydroxylation is 1. The second-order valence-electron chi connectivity index (χ2n) is 4.52. The van der Waals surface area contributed by atoms with Crippen LogP contribution in [0.4, 0.5) is 5.69 Å². The molecule has 3 heterocycles. The van der Waals surface area contributed by atoms with Crippen LogP contribution in [0.5, 0.6) is 0 Å². The average molecular weight is 231 g/mol. The second kappa shape index (κ2) is 4.33. The normalized spacial score (nSPS) is 17.5. The van der Waals surface area contributed by atoms with Crippen molar-refractivity contribution in [3.63, 3.8) is 0 Å². The second-order valence-corrected chi connectivity index (χ2v) is 4.52. The molecule has 1 saturated heterocycles. The molecule has 0 spiro atoms. The summed E-state index contributed by atoms with van der Waals surface area (Å²) in [7, 11) is 0. The van der Waals surface area contributed by atoms with Crippen LogP contribution in [0, 0.1) is 6.92 Å². The standard InChI is InChI=1S/C12H17N5/c1-9-14-12-11(3-2-8-17(12)16-9)15-10-4-6-13-7-5-10/h2-3,8,10,13,15H,4-7H2,1H3. The average Bonchev–Trinajstić information content (AvgIpc) is 2.72. The Balaban J connectivity index is 1.88. The molecule has 2 aromatic heterocycles. The lowest BCUT2D eigenvalue weighted by Crippen LogP contribution is -2.35. The molecule has 0 aromatic carbocycles. The van der Waals surface area contributed by atoms with Gasteiger partial charge in [-0.2, -0.15) is 5.10 Å². The zero-order valence-electron chi connectivity index (χ0n) is 9.98. The van der Waals surface area contributed by atoms with Crippen molar-refractivity contribution in [3.05, 3.63) is 24.2 Å². The van der Waals surface area contributed by atoms with Gasteiger partial charge in [-0.3, -0.25) is 0 Å². The molecule has 5 nitrogen and oxygen atoms in total. The van der Waals surface area contributed by atoms with Gasteiger partial charge in [-0.1, -0.05) is 0 Å². The van der Waals surface area contributed by atoms with Crippen LogP contribution >= 0.6 is 0 Å². The number of piperidine rings is 1. The summed E-state index contributed by atoms with van der Waals surface area (Å²) in [6, 6.07) is 4.62. The fourth-order valence-corrected chi connectivity index (χ4v) is 2.31. The zero-order valence-corrected chi connectivity index (χ0v) is 9.98. The topological polar surface area (TPSA) is 54.2 Å². The zero-order chi connectivity index (χ0) is 11.7.